The van der Waals surface area contributed by atoms with Crippen LogP contribution in [-0.4, -0.2) is 36.6 Å². The van der Waals surface area contributed by atoms with Crippen molar-refractivity contribution < 1.29 is 0 Å². The van der Waals surface area contributed by atoms with Gasteiger partial charge in [-0.15, -0.1) is 0 Å². The van der Waals surface area contributed by atoms with Crippen molar-refractivity contribution in [3.63, 3.8) is 0 Å². The number of unbranched alkanes of at least 4 members (excludes halogenated alkanes) is 2. The summed E-state index contributed by atoms with van der Waals surface area (Å²) in [6.45, 7) is 10.6. The second kappa shape index (κ2) is 8.08. The zero-order chi connectivity index (χ0) is 11.8. The van der Waals surface area contributed by atoms with E-state index in [-0.39, 0.29) is 0 Å². The first-order chi connectivity index (χ1) is 7.77. The van der Waals surface area contributed by atoms with Crippen LogP contribution in [0.2, 0.25) is 0 Å². The van der Waals surface area contributed by atoms with Crippen molar-refractivity contribution in [2.75, 3.05) is 19.6 Å². The molecule has 0 saturated carbocycles. The summed E-state index contributed by atoms with van der Waals surface area (Å²) in [5, 5.41) is 3.57. The van der Waals surface area contributed by atoms with E-state index >= 15 is 0 Å². The highest BCUT2D eigenvalue weighted by atomic mass is 15.2. The highest BCUT2D eigenvalue weighted by Crippen LogP contribution is 2.16. The lowest BCUT2D eigenvalue weighted by Gasteiger charge is -2.36. The molecule has 0 amide bonds. The van der Waals surface area contributed by atoms with Gasteiger partial charge in [-0.3, -0.25) is 0 Å². The van der Waals surface area contributed by atoms with Crippen LogP contribution >= 0.6 is 0 Å². The molecule has 0 spiro atoms. The molecule has 1 atom stereocenters. The summed E-state index contributed by atoms with van der Waals surface area (Å²) in [4.78, 5) is 2.68. The molecule has 0 aliphatic carbocycles. The molecule has 1 aliphatic heterocycles. The fraction of sp³-hybridized carbons (Fsp3) is 1.00. The smallest absolute Gasteiger partial charge is 0.00912 e. The topological polar surface area (TPSA) is 15.3 Å². The summed E-state index contributed by atoms with van der Waals surface area (Å²) < 4.78 is 0. The van der Waals surface area contributed by atoms with Gasteiger partial charge in [0.1, 0.15) is 0 Å². The van der Waals surface area contributed by atoms with Crippen molar-refractivity contribution in [1.82, 2.24) is 10.2 Å². The number of rotatable bonds is 7. The molecule has 0 radical (unpaired) electrons. The lowest BCUT2D eigenvalue weighted by Crippen LogP contribution is -2.45. The second-order valence-corrected chi connectivity index (χ2v) is 5.21. The van der Waals surface area contributed by atoms with Gasteiger partial charge in [-0.2, -0.15) is 0 Å². The van der Waals surface area contributed by atoms with Crippen LogP contribution in [0.4, 0.5) is 0 Å². The minimum atomic E-state index is 0.782. The summed E-state index contributed by atoms with van der Waals surface area (Å²) in [6, 6.07) is 1.58. The van der Waals surface area contributed by atoms with Crippen LogP contribution in [0.25, 0.3) is 0 Å². The van der Waals surface area contributed by atoms with Crippen LogP contribution in [0.15, 0.2) is 0 Å². The van der Waals surface area contributed by atoms with Crippen molar-refractivity contribution in [1.29, 1.82) is 0 Å². The first kappa shape index (κ1) is 14.0. The first-order valence-electron chi connectivity index (χ1n) is 7.25. The van der Waals surface area contributed by atoms with Gasteiger partial charge in [-0.1, -0.05) is 33.1 Å². The Morgan fingerprint density at radius 1 is 1.19 bits per heavy atom. The number of hydrogen-bond acceptors (Lipinski definition) is 2. The molecule has 1 fully saturated rings. The molecule has 1 heterocycles. The van der Waals surface area contributed by atoms with E-state index in [0.717, 1.165) is 18.6 Å². The molecule has 1 saturated heterocycles. The molecule has 1 aliphatic rings. The first-order valence-corrected chi connectivity index (χ1v) is 7.25. The fourth-order valence-electron chi connectivity index (χ4n) is 2.71. The Hall–Kier alpha value is -0.0800. The maximum absolute atomic E-state index is 3.57. The van der Waals surface area contributed by atoms with Gasteiger partial charge < -0.3 is 10.2 Å². The third-order valence-electron chi connectivity index (χ3n) is 3.87. The quantitative estimate of drug-likeness (QED) is 0.671. The maximum Gasteiger partial charge on any atom is 0.00912 e. The minimum absolute atomic E-state index is 0.782. The van der Waals surface area contributed by atoms with E-state index in [1.807, 2.05) is 0 Å². The molecule has 16 heavy (non-hydrogen) atoms. The Morgan fingerprint density at radius 2 is 1.88 bits per heavy atom. The van der Waals surface area contributed by atoms with Crippen molar-refractivity contribution in [3.05, 3.63) is 0 Å². The number of nitrogens with zero attached hydrogens (tertiary/aromatic N) is 1. The van der Waals surface area contributed by atoms with Crippen LogP contribution in [0.5, 0.6) is 0 Å². The van der Waals surface area contributed by atoms with Crippen LogP contribution in [-0.2, 0) is 0 Å². The molecule has 2 nitrogen and oxygen atoms in total. The van der Waals surface area contributed by atoms with E-state index in [4.69, 9.17) is 0 Å². The van der Waals surface area contributed by atoms with E-state index in [1.165, 1.54) is 51.6 Å². The summed E-state index contributed by atoms with van der Waals surface area (Å²) in [5.41, 5.74) is 0. The number of hydrogen-bond donors (Lipinski definition) is 1. The van der Waals surface area contributed by atoms with E-state index in [0.29, 0.717) is 0 Å². The average Bonchev–Trinajstić information content (AvgIpc) is 2.30. The van der Waals surface area contributed by atoms with Crippen LogP contribution in [0.1, 0.15) is 59.3 Å². The molecule has 0 aromatic carbocycles. The highest BCUT2D eigenvalue weighted by Gasteiger charge is 2.21. The lowest BCUT2D eigenvalue weighted by atomic mass is 10.0. The molecule has 1 unspecified atom stereocenters. The summed E-state index contributed by atoms with van der Waals surface area (Å²) >= 11 is 0. The third kappa shape index (κ3) is 4.84. The molecular weight excluding hydrogens is 196 g/mol. The van der Waals surface area contributed by atoms with Crippen molar-refractivity contribution in [2.24, 2.45) is 0 Å². The second-order valence-electron chi connectivity index (χ2n) is 5.21. The number of likely N-dealkylation sites (tertiary alicyclic amines) is 1. The van der Waals surface area contributed by atoms with Gasteiger partial charge in [-0.25, -0.2) is 0 Å². The summed E-state index contributed by atoms with van der Waals surface area (Å²) in [6.07, 6.45) is 8.22. The SMILES string of the molecule is CCCCCC(C)N1CCC(NCC)CC1. The van der Waals surface area contributed by atoms with Gasteiger partial charge in [0.25, 0.3) is 0 Å². The molecule has 0 aromatic heterocycles. The molecule has 0 aromatic rings. The van der Waals surface area contributed by atoms with Crippen LogP contribution in [0, 0.1) is 0 Å². The molecule has 2 heteroatoms. The van der Waals surface area contributed by atoms with Gasteiger partial charge in [0.15, 0.2) is 0 Å². The Labute approximate surface area is 102 Å². The summed E-state index contributed by atoms with van der Waals surface area (Å²) in [5.74, 6) is 0. The van der Waals surface area contributed by atoms with Gasteiger partial charge in [0, 0.05) is 12.1 Å². The van der Waals surface area contributed by atoms with Gasteiger partial charge >= 0.3 is 0 Å². The number of nitrogens with one attached hydrogen (secondary N) is 1. The zero-order valence-corrected chi connectivity index (χ0v) is 11.5. The van der Waals surface area contributed by atoms with E-state index in [2.05, 4.69) is 31.0 Å². The number of piperidine rings is 1. The predicted molar refractivity (Wildman–Crippen MR) is 71.9 cm³/mol. The Kier molecular flexibility index (Phi) is 7.06. The largest absolute Gasteiger partial charge is 0.314 e. The summed E-state index contributed by atoms with van der Waals surface area (Å²) in [7, 11) is 0. The molecule has 0 bridgehead atoms. The van der Waals surface area contributed by atoms with E-state index in [9.17, 15) is 0 Å². The average molecular weight is 226 g/mol. The van der Waals surface area contributed by atoms with Crippen LogP contribution in [0.3, 0.4) is 0 Å². The maximum atomic E-state index is 3.57. The Balaban J connectivity index is 2.14. The van der Waals surface area contributed by atoms with Crippen molar-refractivity contribution >= 4 is 0 Å². The van der Waals surface area contributed by atoms with E-state index < -0.39 is 0 Å². The molecule has 96 valence electrons. The Morgan fingerprint density at radius 3 is 2.44 bits per heavy atom. The normalized spacial score (nSPS) is 21.2. The standard InChI is InChI=1S/C14H30N2/c1-4-6-7-8-13(3)16-11-9-14(10-12-16)15-5-2/h13-15H,4-12H2,1-3H3. The predicted octanol–water partition coefficient (Wildman–Crippen LogP) is 3.03. The van der Waals surface area contributed by atoms with Gasteiger partial charge in [0.05, 0.1) is 0 Å². The lowest BCUT2D eigenvalue weighted by molar-refractivity contribution is 0.145. The Bertz CT molecular complexity index is 162. The van der Waals surface area contributed by atoms with Crippen LogP contribution < -0.4 is 5.32 Å². The monoisotopic (exact) mass is 226 g/mol. The minimum Gasteiger partial charge on any atom is -0.314 e. The third-order valence-corrected chi connectivity index (χ3v) is 3.87. The van der Waals surface area contributed by atoms with Gasteiger partial charge in [0.2, 0.25) is 0 Å². The van der Waals surface area contributed by atoms with Gasteiger partial charge in [-0.05, 0) is 45.8 Å². The molecular formula is C14H30N2. The molecule has 1 rings (SSSR count). The van der Waals surface area contributed by atoms with Crippen molar-refractivity contribution in [3.8, 4) is 0 Å². The fourth-order valence-corrected chi connectivity index (χ4v) is 2.71. The van der Waals surface area contributed by atoms with Crippen molar-refractivity contribution in [2.45, 2.75) is 71.4 Å². The zero-order valence-electron chi connectivity index (χ0n) is 11.5. The van der Waals surface area contributed by atoms with E-state index in [1.54, 1.807) is 0 Å². The molecule has 1 N–H and O–H groups in total. The highest BCUT2D eigenvalue weighted by molar-refractivity contribution is 4.79.